The molecule has 1 atom stereocenters. The first kappa shape index (κ1) is 28.1. The maximum absolute atomic E-state index is 6.49. The average Bonchev–Trinajstić information content (AvgIpc) is 3.53. The van der Waals surface area contributed by atoms with Crippen LogP contribution in [0.3, 0.4) is 0 Å². The molecule has 48 heavy (non-hydrogen) atoms. The third-order valence-corrected chi connectivity index (χ3v) is 9.39. The Hall–Kier alpha value is -6.13. The van der Waals surface area contributed by atoms with Gasteiger partial charge in [0.25, 0.3) is 0 Å². The lowest BCUT2D eigenvalue weighted by molar-refractivity contribution is 0.669. The van der Waals surface area contributed by atoms with Crippen molar-refractivity contribution in [1.29, 1.82) is 0 Å². The van der Waals surface area contributed by atoms with E-state index >= 15 is 0 Å². The molecule has 228 valence electrons. The van der Waals surface area contributed by atoms with E-state index in [9.17, 15) is 0 Å². The highest BCUT2D eigenvalue weighted by Crippen LogP contribution is 2.41. The molecule has 1 aliphatic carbocycles. The Morgan fingerprint density at radius 2 is 1.12 bits per heavy atom. The van der Waals surface area contributed by atoms with Gasteiger partial charge in [0.1, 0.15) is 11.2 Å². The molecule has 4 heteroatoms. The summed E-state index contributed by atoms with van der Waals surface area (Å²) in [5.74, 6) is 2.32. The standard InChI is InChI=1S/C44H31N3O/c1-28-24-33-16-8-9-17-34(33)25-37(28)30-22-20-29(21-23-30)35-26-38(41-36-18-10-11-19-39(36)48-40(41)27-35)44-46-42(31-12-4-2-5-13-31)45-43(47-44)32-14-6-3-7-15-32/h2-23,25-28H,24H2,1H3. The molecule has 0 saturated heterocycles. The summed E-state index contributed by atoms with van der Waals surface area (Å²) in [6, 6.07) is 50.4. The molecule has 1 unspecified atom stereocenters. The van der Waals surface area contributed by atoms with E-state index in [1.54, 1.807) is 0 Å². The summed E-state index contributed by atoms with van der Waals surface area (Å²) >= 11 is 0. The van der Waals surface area contributed by atoms with E-state index in [4.69, 9.17) is 19.4 Å². The molecule has 0 N–H and O–H groups in total. The van der Waals surface area contributed by atoms with E-state index < -0.39 is 0 Å². The number of furan rings is 1. The summed E-state index contributed by atoms with van der Waals surface area (Å²) in [4.78, 5) is 15.1. The minimum Gasteiger partial charge on any atom is -0.456 e. The van der Waals surface area contributed by atoms with Gasteiger partial charge in [-0.05, 0) is 63.9 Å². The lowest BCUT2D eigenvalue weighted by atomic mass is 9.81. The number of benzene rings is 6. The SMILES string of the molecule is CC1Cc2ccccc2C=C1c1ccc(-c2cc(-c3nc(-c4ccccc4)nc(-c4ccccc4)n3)c3c(c2)oc2ccccc23)cc1. The van der Waals surface area contributed by atoms with E-state index in [1.165, 1.54) is 22.3 Å². The Labute approximate surface area is 279 Å². The molecule has 0 bridgehead atoms. The molecular weight excluding hydrogens is 587 g/mol. The quantitative estimate of drug-likeness (QED) is 0.193. The fourth-order valence-electron chi connectivity index (χ4n) is 6.96. The number of rotatable bonds is 5. The predicted octanol–water partition coefficient (Wildman–Crippen LogP) is 11.2. The van der Waals surface area contributed by atoms with Crippen LogP contribution < -0.4 is 0 Å². The predicted molar refractivity (Wildman–Crippen MR) is 196 cm³/mol. The van der Waals surface area contributed by atoms with Crippen LogP contribution in [0.4, 0.5) is 0 Å². The highest BCUT2D eigenvalue weighted by molar-refractivity contribution is 6.13. The summed E-state index contributed by atoms with van der Waals surface area (Å²) in [6.07, 6.45) is 3.41. The van der Waals surface area contributed by atoms with Crippen molar-refractivity contribution in [2.45, 2.75) is 13.3 Å². The topological polar surface area (TPSA) is 51.8 Å². The first-order valence-corrected chi connectivity index (χ1v) is 16.4. The first-order chi connectivity index (χ1) is 23.7. The molecule has 9 rings (SSSR count). The van der Waals surface area contributed by atoms with Gasteiger partial charge < -0.3 is 4.42 Å². The molecule has 2 heterocycles. The van der Waals surface area contributed by atoms with Crippen LogP contribution >= 0.6 is 0 Å². The Morgan fingerprint density at radius 3 is 1.85 bits per heavy atom. The van der Waals surface area contributed by atoms with E-state index in [1.807, 2.05) is 78.9 Å². The number of aromatic nitrogens is 3. The van der Waals surface area contributed by atoms with Gasteiger partial charge in [0.2, 0.25) is 0 Å². The molecule has 0 radical (unpaired) electrons. The fourth-order valence-corrected chi connectivity index (χ4v) is 6.96. The van der Waals surface area contributed by atoms with E-state index in [0.29, 0.717) is 23.4 Å². The molecule has 0 fully saturated rings. The van der Waals surface area contributed by atoms with Crippen LogP contribution in [0.5, 0.6) is 0 Å². The third-order valence-electron chi connectivity index (χ3n) is 9.39. The van der Waals surface area contributed by atoms with Crippen molar-refractivity contribution in [3.63, 3.8) is 0 Å². The van der Waals surface area contributed by atoms with Gasteiger partial charge in [0.15, 0.2) is 17.5 Å². The second-order valence-electron chi connectivity index (χ2n) is 12.5. The van der Waals surface area contributed by atoms with Gasteiger partial charge in [-0.25, -0.2) is 15.0 Å². The summed E-state index contributed by atoms with van der Waals surface area (Å²) in [6.45, 7) is 2.32. The molecule has 0 amide bonds. The van der Waals surface area contributed by atoms with Crippen molar-refractivity contribution >= 4 is 33.6 Å². The molecule has 8 aromatic rings. The van der Waals surface area contributed by atoms with Crippen molar-refractivity contribution in [1.82, 2.24) is 15.0 Å². The van der Waals surface area contributed by atoms with Gasteiger partial charge in [-0.1, -0.05) is 140 Å². The van der Waals surface area contributed by atoms with Gasteiger partial charge in [-0.15, -0.1) is 0 Å². The highest BCUT2D eigenvalue weighted by Gasteiger charge is 2.21. The van der Waals surface area contributed by atoms with Crippen LogP contribution in [0.25, 0.3) is 78.9 Å². The zero-order valence-corrected chi connectivity index (χ0v) is 26.5. The van der Waals surface area contributed by atoms with Gasteiger partial charge in [-0.3, -0.25) is 0 Å². The van der Waals surface area contributed by atoms with Crippen LogP contribution in [0.1, 0.15) is 23.6 Å². The van der Waals surface area contributed by atoms with Crippen LogP contribution in [0, 0.1) is 5.92 Å². The van der Waals surface area contributed by atoms with Crippen LogP contribution in [0.2, 0.25) is 0 Å². The van der Waals surface area contributed by atoms with Crippen molar-refractivity contribution in [3.05, 3.63) is 162 Å². The van der Waals surface area contributed by atoms with Crippen molar-refractivity contribution in [2.24, 2.45) is 5.92 Å². The van der Waals surface area contributed by atoms with E-state index in [2.05, 4.69) is 79.7 Å². The smallest absolute Gasteiger partial charge is 0.164 e. The van der Waals surface area contributed by atoms with Crippen molar-refractivity contribution < 1.29 is 4.42 Å². The Balaban J connectivity index is 1.22. The Bertz CT molecular complexity index is 2420. The number of hydrogen-bond acceptors (Lipinski definition) is 4. The molecule has 2 aromatic heterocycles. The zero-order valence-electron chi connectivity index (χ0n) is 26.5. The highest BCUT2D eigenvalue weighted by atomic mass is 16.3. The first-order valence-electron chi connectivity index (χ1n) is 16.4. The normalized spacial score (nSPS) is 14.2. The third kappa shape index (κ3) is 4.99. The minimum atomic E-state index is 0.450. The summed E-state index contributed by atoms with van der Waals surface area (Å²) in [5.41, 5.74) is 11.9. The summed E-state index contributed by atoms with van der Waals surface area (Å²) < 4.78 is 6.49. The lowest BCUT2D eigenvalue weighted by Crippen LogP contribution is -2.09. The number of fused-ring (bicyclic) bond motifs is 4. The Morgan fingerprint density at radius 1 is 0.521 bits per heavy atom. The number of allylic oxidation sites excluding steroid dienone is 1. The molecule has 1 aliphatic rings. The number of hydrogen-bond donors (Lipinski definition) is 0. The van der Waals surface area contributed by atoms with Crippen molar-refractivity contribution in [2.75, 3.05) is 0 Å². The van der Waals surface area contributed by atoms with Gasteiger partial charge in [0, 0.05) is 27.5 Å². The molecule has 4 nitrogen and oxygen atoms in total. The van der Waals surface area contributed by atoms with E-state index in [0.717, 1.165) is 56.2 Å². The molecule has 0 spiro atoms. The largest absolute Gasteiger partial charge is 0.456 e. The number of para-hydroxylation sites is 1. The second-order valence-corrected chi connectivity index (χ2v) is 12.5. The average molecular weight is 618 g/mol. The summed E-state index contributed by atoms with van der Waals surface area (Å²) in [7, 11) is 0. The maximum Gasteiger partial charge on any atom is 0.164 e. The Kier molecular flexibility index (Phi) is 6.79. The van der Waals surface area contributed by atoms with Gasteiger partial charge in [-0.2, -0.15) is 0 Å². The fraction of sp³-hybridized carbons (Fsp3) is 0.0682. The lowest BCUT2D eigenvalue weighted by Gasteiger charge is -2.23. The van der Waals surface area contributed by atoms with E-state index in [-0.39, 0.29) is 0 Å². The van der Waals surface area contributed by atoms with Crippen LogP contribution in [-0.4, -0.2) is 15.0 Å². The van der Waals surface area contributed by atoms with Crippen LogP contribution in [-0.2, 0) is 6.42 Å². The number of nitrogens with zero attached hydrogens (tertiary/aromatic N) is 3. The van der Waals surface area contributed by atoms with Gasteiger partial charge >= 0.3 is 0 Å². The molecule has 0 saturated carbocycles. The summed E-state index contributed by atoms with van der Waals surface area (Å²) in [5, 5.41) is 2.03. The minimum absolute atomic E-state index is 0.450. The van der Waals surface area contributed by atoms with Crippen LogP contribution in [0.15, 0.2) is 150 Å². The molecule has 6 aromatic carbocycles. The maximum atomic E-state index is 6.49. The van der Waals surface area contributed by atoms with Crippen molar-refractivity contribution in [3.8, 4) is 45.3 Å². The molecule has 0 aliphatic heterocycles. The second kappa shape index (κ2) is 11.6. The monoisotopic (exact) mass is 617 g/mol. The van der Waals surface area contributed by atoms with Gasteiger partial charge in [0.05, 0.1) is 0 Å². The zero-order chi connectivity index (χ0) is 32.0. The molecular formula is C44H31N3O.